The fourth-order valence-corrected chi connectivity index (χ4v) is 8.20. The van der Waals surface area contributed by atoms with Gasteiger partial charge in [-0.2, -0.15) is 0 Å². The summed E-state index contributed by atoms with van der Waals surface area (Å²) in [6.45, 7) is 0.526. The first-order chi connectivity index (χ1) is 13.5. The van der Waals surface area contributed by atoms with Crippen molar-refractivity contribution in [3.8, 4) is 5.75 Å². The molecule has 2 aliphatic heterocycles. The Balaban J connectivity index is 1.53. The normalized spacial score (nSPS) is 26.9. The first-order valence-electron chi connectivity index (χ1n) is 9.59. The summed E-state index contributed by atoms with van der Waals surface area (Å²) in [5.74, 6) is -1.16. The van der Waals surface area contributed by atoms with E-state index >= 15 is 0 Å². The third-order valence-corrected chi connectivity index (χ3v) is 10.8. The molecule has 1 N–H and O–H groups in total. The van der Waals surface area contributed by atoms with Crippen LogP contribution in [0.1, 0.15) is 52.8 Å². The minimum atomic E-state index is -0.960. The van der Waals surface area contributed by atoms with Crippen LogP contribution >= 0.6 is 0 Å². The third-order valence-electron chi connectivity index (χ3n) is 5.82. The van der Waals surface area contributed by atoms with Gasteiger partial charge in [0, 0.05) is 0 Å². The van der Waals surface area contributed by atoms with Gasteiger partial charge in [-0.3, -0.25) is 4.79 Å². The number of ether oxygens (including phenoxy) is 1. The Kier molecular flexibility index (Phi) is 5.44. The maximum atomic E-state index is 13.0. The molecule has 1 saturated heterocycles. The number of imide groups is 2. The maximum absolute atomic E-state index is 13.0. The molecule has 28 heavy (non-hydrogen) atoms. The Morgan fingerprint density at radius 3 is 2.68 bits per heavy atom. The van der Waals surface area contributed by atoms with E-state index in [0.717, 1.165) is 21.2 Å². The van der Waals surface area contributed by atoms with Crippen LogP contribution in [0.25, 0.3) is 0 Å². The van der Waals surface area contributed by atoms with Gasteiger partial charge in [-0.15, -0.1) is 0 Å². The second kappa shape index (κ2) is 7.84. The van der Waals surface area contributed by atoms with E-state index in [4.69, 9.17) is 4.74 Å². The summed E-state index contributed by atoms with van der Waals surface area (Å²) in [6.07, 6.45) is 3.77. The fraction of sp³-hybridized carbons (Fsp3) is 0.450. The molecule has 3 unspecified atom stereocenters. The van der Waals surface area contributed by atoms with Gasteiger partial charge in [-0.05, 0) is 0 Å². The Hall–Kier alpha value is -1.91. The third kappa shape index (κ3) is 3.44. The first-order valence-corrected chi connectivity index (χ1v) is 15.4. The summed E-state index contributed by atoms with van der Waals surface area (Å²) in [5.41, 5.74) is 0.480. The Bertz CT molecular complexity index is 883. The van der Waals surface area contributed by atoms with Crippen molar-refractivity contribution in [3.63, 3.8) is 0 Å². The zero-order chi connectivity index (χ0) is 19.8. The standard InChI is InChI=1S/C19H19N2O5.CH2.Tl/c22-15-9-8-13(17(23)20-15)21-18(24)12-6-3-7-14(16(12)19(21)25)26-10-11-4-1-2-5-11;;/h1,3,6-7,11,13H,2,4-5,8-10H2,(H,20,22,23);1H2;. The number of hydrogen-bond acceptors (Lipinski definition) is 5. The van der Waals surface area contributed by atoms with Crippen LogP contribution in [-0.2, 0) is 9.59 Å². The van der Waals surface area contributed by atoms with Gasteiger partial charge in [0.05, 0.1) is 0 Å². The van der Waals surface area contributed by atoms with Crippen LogP contribution in [0.4, 0.5) is 0 Å². The van der Waals surface area contributed by atoms with Crippen molar-refractivity contribution in [3.05, 3.63) is 29.3 Å². The van der Waals surface area contributed by atoms with E-state index in [2.05, 4.69) is 9.38 Å². The number of amides is 4. The van der Waals surface area contributed by atoms with Crippen molar-refractivity contribution >= 4 is 51.4 Å². The van der Waals surface area contributed by atoms with Crippen LogP contribution < -0.4 is 10.1 Å². The summed E-state index contributed by atoms with van der Waals surface area (Å²) in [7, 11) is 0. The zero-order valence-electron chi connectivity index (χ0n) is 15.5. The monoisotopic (exact) mass is 574 g/mol. The fourth-order valence-electron chi connectivity index (χ4n) is 4.29. The molecule has 0 aromatic heterocycles. The van der Waals surface area contributed by atoms with Gasteiger partial charge < -0.3 is 0 Å². The molecule has 1 aromatic rings. The predicted octanol–water partition coefficient (Wildman–Crippen LogP) is 1.19. The summed E-state index contributed by atoms with van der Waals surface area (Å²) < 4.78 is 11.0. The quantitative estimate of drug-likeness (QED) is 0.422. The van der Waals surface area contributed by atoms with Gasteiger partial charge in [-0.25, -0.2) is 0 Å². The van der Waals surface area contributed by atoms with Crippen molar-refractivity contribution in [2.75, 3.05) is 6.61 Å². The van der Waals surface area contributed by atoms with Crippen LogP contribution in [0.15, 0.2) is 18.2 Å². The second-order valence-corrected chi connectivity index (χ2v) is 13.1. The molecule has 0 radical (unpaired) electrons. The number of fused-ring (bicyclic) bond motifs is 1. The van der Waals surface area contributed by atoms with Gasteiger partial charge in [0.1, 0.15) is 0 Å². The van der Waals surface area contributed by atoms with E-state index in [-0.39, 0.29) is 29.9 Å². The van der Waals surface area contributed by atoms with E-state index in [9.17, 15) is 19.2 Å². The molecule has 2 fully saturated rings. The zero-order valence-corrected chi connectivity index (χ0v) is 20.0. The van der Waals surface area contributed by atoms with E-state index < -0.39 is 47.5 Å². The van der Waals surface area contributed by atoms with Gasteiger partial charge in [0.2, 0.25) is 5.91 Å². The molecule has 7 nitrogen and oxygen atoms in total. The SMILES string of the molecule is [CH2]=[Tl][CH]1CCC(COc2cccc3c2C(=O)N(C2CCC(=O)NC2=O)C3=O)C1. The van der Waals surface area contributed by atoms with Crippen molar-refractivity contribution in [2.24, 2.45) is 5.92 Å². The van der Waals surface area contributed by atoms with Gasteiger partial charge in [-0.1, -0.05) is 0 Å². The van der Waals surface area contributed by atoms with Crippen molar-refractivity contribution in [1.82, 2.24) is 10.2 Å². The van der Waals surface area contributed by atoms with Crippen molar-refractivity contribution in [1.29, 1.82) is 0 Å². The summed E-state index contributed by atoms with van der Waals surface area (Å²) in [6, 6.07) is 4.01. The number of carbonyl (C=O) groups excluding carboxylic acids is 4. The van der Waals surface area contributed by atoms with Gasteiger partial charge in [0.15, 0.2) is 0 Å². The molecule has 0 bridgehead atoms. The molecule has 4 rings (SSSR count). The van der Waals surface area contributed by atoms with Crippen LogP contribution in [-0.4, -0.2) is 69.0 Å². The van der Waals surface area contributed by atoms with E-state index in [1.807, 2.05) is 0 Å². The van der Waals surface area contributed by atoms with E-state index in [1.54, 1.807) is 18.2 Å². The number of carbonyl (C=O) groups is 4. The second-order valence-electron chi connectivity index (χ2n) is 7.61. The molecule has 2 heterocycles. The molecule has 1 saturated carbocycles. The number of nitrogens with one attached hydrogen (secondary N) is 1. The van der Waals surface area contributed by atoms with Crippen LogP contribution in [0.2, 0.25) is 3.48 Å². The topological polar surface area (TPSA) is 92.8 Å². The summed E-state index contributed by atoms with van der Waals surface area (Å²) in [5, 5.41) is 2.21. The average Bonchev–Trinajstić information content (AvgIpc) is 3.24. The van der Waals surface area contributed by atoms with E-state index in [0.29, 0.717) is 18.3 Å². The first kappa shape index (κ1) is 19.4. The Morgan fingerprint density at radius 2 is 1.96 bits per heavy atom. The van der Waals surface area contributed by atoms with E-state index in [1.165, 1.54) is 6.42 Å². The molecule has 4 amide bonds. The Labute approximate surface area is 174 Å². The van der Waals surface area contributed by atoms with Crippen molar-refractivity contribution in [2.45, 2.75) is 41.6 Å². The molecule has 3 aliphatic rings. The molecule has 3 atom stereocenters. The molecule has 0 spiro atoms. The van der Waals surface area contributed by atoms with Gasteiger partial charge >= 0.3 is 164 Å². The number of nitrogens with zero attached hydrogens (tertiary/aromatic N) is 1. The number of hydrogen-bond donors (Lipinski definition) is 1. The van der Waals surface area contributed by atoms with Crippen molar-refractivity contribution < 1.29 is 23.9 Å². The molecule has 1 aromatic carbocycles. The Morgan fingerprint density at radius 1 is 1.14 bits per heavy atom. The molecule has 1 aliphatic carbocycles. The summed E-state index contributed by atoms with van der Waals surface area (Å²) in [4.78, 5) is 50.3. The molecular formula is C20H21N2O5Tl. The van der Waals surface area contributed by atoms with Crippen LogP contribution in [0, 0.1) is 5.92 Å². The van der Waals surface area contributed by atoms with Crippen LogP contribution in [0.3, 0.4) is 0 Å². The van der Waals surface area contributed by atoms with Crippen LogP contribution in [0.5, 0.6) is 5.75 Å². The van der Waals surface area contributed by atoms with Gasteiger partial charge in [0.25, 0.3) is 0 Å². The molecule has 144 valence electrons. The number of benzene rings is 1. The number of rotatable bonds is 5. The summed E-state index contributed by atoms with van der Waals surface area (Å²) >= 11 is -0.829. The minimum absolute atomic E-state index is 0.104. The average molecular weight is 574 g/mol. The molecule has 8 heteroatoms. The number of piperidine rings is 1. The predicted molar refractivity (Wildman–Crippen MR) is 103 cm³/mol. The molecular weight excluding hydrogens is 553 g/mol.